The first-order valence-electron chi connectivity index (χ1n) is 9.70. The molecular weight excluding hydrogens is 330 g/mol. The highest BCUT2D eigenvalue weighted by Gasteiger charge is 2.27. The molecule has 0 unspecified atom stereocenters. The van der Waals surface area contributed by atoms with Crippen molar-refractivity contribution in [3.63, 3.8) is 0 Å². The molecule has 0 radical (unpaired) electrons. The van der Waals surface area contributed by atoms with Crippen LogP contribution in [0.15, 0.2) is 24.3 Å². The third-order valence-electron chi connectivity index (χ3n) is 5.34. The highest BCUT2D eigenvalue weighted by molar-refractivity contribution is 5.96. The topological polar surface area (TPSA) is 61.9 Å². The van der Waals surface area contributed by atoms with Gasteiger partial charge < -0.3 is 15.0 Å². The van der Waals surface area contributed by atoms with E-state index in [9.17, 15) is 9.59 Å². The maximum Gasteiger partial charge on any atom is 0.251 e. The minimum atomic E-state index is -0.231. The number of amides is 2. The van der Waals surface area contributed by atoms with E-state index in [0.29, 0.717) is 18.2 Å². The van der Waals surface area contributed by atoms with Crippen molar-refractivity contribution in [2.45, 2.75) is 38.6 Å². The Kier molecular flexibility index (Phi) is 6.50. The van der Waals surface area contributed by atoms with Crippen molar-refractivity contribution in [2.75, 3.05) is 39.3 Å². The summed E-state index contributed by atoms with van der Waals surface area (Å²) in [6.07, 6.45) is 5.26. The summed E-state index contributed by atoms with van der Waals surface area (Å²) >= 11 is 0. The van der Waals surface area contributed by atoms with Gasteiger partial charge in [0.1, 0.15) is 5.75 Å². The van der Waals surface area contributed by atoms with Gasteiger partial charge in [-0.05, 0) is 44.0 Å². The summed E-state index contributed by atoms with van der Waals surface area (Å²) < 4.78 is 5.37. The SMILES string of the molecule is CCOc1ccc(C(=O)NCC(=O)N2CCN(C3CCCC3)CC2)cc1. The molecule has 2 fully saturated rings. The van der Waals surface area contributed by atoms with Gasteiger partial charge in [0.25, 0.3) is 5.91 Å². The fraction of sp³-hybridized carbons (Fsp3) is 0.600. The molecule has 2 aliphatic rings. The molecule has 0 atom stereocenters. The molecule has 2 amide bonds. The Morgan fingerprint density at radius 1 is 1.08 bits per heavy atom. The molecule has 1 N–H and O–H groups in total. The van der Waals surface area contributed by atoms with Crippen LogP contribution in [0.5, 0.6) is 5.75 Å². The second kappa shape index (κ2) is 9.03. The van der Waals surface area contributed by atoms with Crippen molar-refractivity contribution in [1.82, 2.24) is 15.1 Å². The summed E-state index contributed by atoms with van der Waals surface area (Å²) in [7, 11) is 0. The molecule has 6 heteroatoms. The zero-order valence-corrected chi connectivity index (χ0v) is 15.6. The van der Waals surface area contributed by atoms with Gasteiger partial charge in [0.15, 0.2) is 0 Å². The molecule has 1 heterocycles. The van der Waals surface area contributed by atoms with Gasteiger partial charge in [0, 0.05) is 37.8 Å². The van der Waals surface area contributed by atoms with E-state index in [4.69, 9.17) is 4.74 Å². The van der Waals surface area contributed by atoms with Crippen LogP contribution in [0.1, 0.15) is 43.0 Å². The molecule has 0 aromatic heterocycles. The van der Waals surface area contributed by atoms with E-state index in [1.54, 1.807) is 24.3 Å². The summed E-state index contributed by atoms with van der Waals surface area (Å²) in [5, 5.41) is 2.73. The lowest BCUT2D eigenvalue weighted by Crippen LogP contribution is -2.53. The van der Waals surface area contributed by atoms with E-state index in [-0.39, 0.29) is 18.4 Å². The Bertz CT molecular complexity index is 603. The first kappa shape index (κ1) is 18.7. The van der Waals surface area contributed by atoms with E-state index < -0.39 is 0 Å². The van der Waals surface area contributed by atoms with Crippen LogP contribution < -0.4 is 10.1 Å². The molecule has 6 nitrogen and oxygen atoms in total. The standard InChI is InChI=1S/C20H29N3O3/c1-2-26-18-9-7-16(8-10-18)20(25)21-15-19(24)23-13-11-22(12-14-23)17-5-3-4-6-17/h7-10,17H,2-6,11-15H2,1H3,(H,21,25). The van der Waals surface area contributed by atoms with Crippen molar-refractivity contribution in [3.05, 3.63) is 29.8 Å². The monoisotopic (exact) mass is 359 g/mol. The number of benzene rings is 1. The van der Waals surface area contributed by atoms with Crippen molar-refractivity contribution in [3.8, 4) is 5.75 Å². The predicted molar refractivity (Wildman–Crippen MR) is 100 cm³/mol. The number of piperazine rings is 1. The molecule has 0 spiro atoms. The molecule has 1 aromatic rings. The van der Waals surface area contributed by atoms with E-state index in [0.717, 1.165) is 31.9 Å². The molecule has 26 heavy (non-hydrogen) atoms. The zero-order chi connectivity index (χ0) is 18.4. The number of ether oxygens (including phenoxy) is 1. The molecule has 1 aromatic carbocycles. The van der Waals surface area contributed by atoms with Gasteiger partial charge in [-0.3, -0.25) is 14.5 Å². The molecular formula is C20H29N3O3. The Morgan fingerprint density at radius 3 is 2.35 bits per heavy atom. The summed E-state index contributed by atoms with van der Waals surface area (Å²) in [6.45, 7) is 5.97. The summed E-state index contributed by atoms with van der Waals surface area (Å²) in [5.41, 5.74) is 0.535. The van der Waals surface area contributed by atoms with Crippen LogP contribution in [0, 0.1) is 0 Å². The molecule has 1 aliphatic heterocycles. The fourth-order valence-corrected chi connectivity index (χ4v) is 3.84. The predicted octanol–water partition coefficient (Wildman–Crippen LogP) is 1.90. The summed E-state index contributed by atoms with van der Waals surface area (Å²) in [5.74, 6) is 0.501. The van der Waals surface area contributed by atoms with Crippen LogP contribution in [-0.4, -0.2) is 67.0 Å². The molecule has 1 aliphatic carbocycles. The first-order valence-corrected chi connectivity index (χ1v) is 9.70. The third kappa shape index (κ3) is 4.75. The van der Waals surface area contributed by atoms with Gasteiger partial charge >= 0.3 is 0 Å². The number of hydrogen-bond donors (Lipinski definition) is 1. The lowest BCUT2D eigenvalue weighted by molar-refractivity contribution is -0.132. The number of carbonyl (C=O) groups excluding carboxylic acids is 2. The Morgan fingerprint density at radius 2 is 1.73 bits per heavy atom. The zero-order valence-electron chi connectivity index (χ0n) is 15.6. The van der Waals surface area contributed by atoms with Gasteiger partial charge in [-0.25, -0.2) is 0 Å². The maximum atomic E-state index is 12.4. The minimum Gasteiger partial charge on any atom is -0.494 e. The average Bonchev–Trinajstić information content (AvgIpc) is 3.21. The number of carbonyl (C=O) groups is 2. The van der Waals surface area contributed by atoms with Crippen LogP contribution in [-0.2, 0) is 4.79 Å². The normalized spacial score (nSPS) is 18.7. The Balaban J connectivity index is 1.41. The van der Waals surface area contributed by atoms with Gasteiger partial charge in [-0.15, -0.1) is 0 Å². The smallest absolute Gasteiger partial charge is 0.251 e. The third-order valence-corrected chi connectivity index (χ3v) is 5.34. The lowest BCUT2D eigenvalue weighted by atomic mass is 10.2. The molecule has 142 valence electrons. The highest BCUT2D eigenvalue weighted by Crippen LogP contribution is 2.24. The van der Waals surface area contributed by atoms with E-state index in [1.165, 1.54) is 25.7 Å². The van der Waals surface area contributed by atoms with Gasteiger partial charge in [-0.1, -0.05) is 12.8 Å². The van der Waals surface area contributed by atoms with Crippen molar-refractivity contribution < 1.29 is 14.3 Å². The van der Waals surface area contributed by atoms with E-state index in [2.05, 4.69) is 10.2 Å². The molecule has 3 rings (SSSR count). The number of nitrogens with zero attached hydrogens (tertiary/aromatic N) is 2. The molecule has 0 bridgehead atoms. The number of nitrogens with one attached hydrogen (secondary N) is 1. The van der Waals surface area contributed by atoms with Crippen LogP contribution in [0.25, 0.3) is 0 Å². The number of hydrogen-bond acceptors (Lipinski definition) is 4. The quantitative estimate of drug-likeness (QED) is 0.843. The highest BCUT2D eigenvalue weighted by atomic mass is 16.5. The lowest BCUT2D eigenvalue weighted by Gasteiger charge is -2.38. The van der Waals surface area contributed by atoms with Gasteiger partial charge in [0.2, 0.25) is 5.91 Å². The van der Waals surface area contributed by atoms with Crippen molar-refractivity contribution in [2.24, 2.45) is 0 Å². The number of rotatable bonds is 6. The fourth-order valence-electron chi connectivity index (χ4n) is 3.84. The second-order valence-electron chi connectivity index (χ2n) is 7.00. The van der Waals surface area contributed by atoms with Crippen LogP contribution >= 0.6 is 0 Å². The van der Waals surface area contributed by atoms with Crippen molar-refractivity contribution in [1.29, 1.82) is 0 Å². The largest absolute Gasteiger partial charge is 0.494 e. The Labute approximate surface area is 155 Å². The van der Waals surface area contributed by atoms with E-state index in [1.807, 2.05) is 11.8 Å². The van der Waals surface area contributed by atoms with Crippen LogP contribution in [0.3, 0.4) is 0 Å². The molecule has 1 saturated heterocycles. The first-order chi connectivity index (χ1) is 12.7. The van der Waals surface area contributed by atoms with Gasteiger partial charge in [0.05, 0.1) is 13.2 Å². The Hall–Kier alpha value is -2.08. The average molecular weight is 359 g/mol. The van der Waals surface area contributed by atoms with Crippen molar-refractivity contribution >= 4 is 11.8 Å². The van der Waals surface area contributed by atoms with Gasteiger partial charge in [-0.2, -0.15) is 0 Å². The summed E-state index contributed by atoms with van der Waals surface area (Å²) in [6, 6.07) is 7.67. The minimum absolute atomic E-state index is 0.00430. The van der Waals surface area contributed by atoms with Crippen LogP contribution in [0.2, 0.25) is 0 Å². The van der Waals surface area contributed by atoms with Crippen LogP contribution in [0.4, 0.5) is 0 Å². The summed E-state index contributed by atoms with van der Waals surface area (Å²) in [4.78, 5) is 29.0. The van der Waals surface area contributed by atoms with E-state index >= 15 is 0 Å². The maximum absolute atomic E-state index is 12.4. The molecule has 1 saturated carbocycles. The second-order valence-corrected chi connectivity index (χ2v) is 7.00.